The summed E-state index contributed by atoms with van der Waals surface area (Å²) in [6, 6.07) is 7.22. The predicted octanol–water partition coefficient (Wildman–Crippen LogP) is 1.65. The second-order valence-corrected chi connectivity index (χ2v) is 8.60. The van der Waals surface area contributed by atoms with Crippen molar-refractivity contribution >= 4 is 29.4 Å². The van der Waals surface area contributed by atoms with E-state index >= 15 is 0 Å². The fourth-order valence-electron chi connectivity index (χ4n) is 3.72. The van der Waals surface area contributed by atoms with Gasteiger partial charge in [-0.15, -0.1) is 6.58 Å². The van der Waals surface area contributed by atoms with Crippen LogP contribution in [0.5, 0.6) is 0 Å². The lowest BCUT2D eigenvalue weighted by molar-refractivity contribution is 0.0511. The SMILES string of the molecule is C=CCNc1nc(Nc2ccc(C(=O)NCCOCCOCCN)cc2)nc(NC2CCC(O)CC2)n1. The highest BCUT2D eigenvalue weighted by atomic mass is 16.5. The number of ether oxygens (including phenoxy) is 2. The lowest BCUT2D eigenvalue weighted by Crippen LogP contribution is -2.29. The van der Waals surface area contributed by atoms with Crippen molar-refractivity contribution in [3.05, 3.63) is 42.5 Å². The third-order valence-corrected chi connectivity index (χ3v) is 5.64. The van der Waals surface area contributed by atoms with Crippen molar-refractivity contribution in [2.24, 2.45) is 5.73 Å². The minimum Gasteiger partial charge on any atom is -0.393 e. The minimum absolute atomic E-state index is 0.185. The second-order valence-electron chi connectivity index (χ2n) is 8.60. The maximum atomic E-state index is 12.4. The van der Waals surface area contributed by atoms with Crippen LogP contribution >= 0.6 is 0 Å². The van der Waals surface area contributed by atoms with Crippen LogP contribution in [-0.4, -0.2) is 84.2 Å². The van der Waals surface area contributed by atoms with Crippen molar-refractivity contribution in [1.82, 2.24) is 20.3 Å². The average Bonchev–Trinajstić information content (AvgIpc) is 2.90. The Morgan fingerprint density at radius 3 is 2.38 bits per heavy atom. The summed E-state index contributed by atoms with van der Waals surface area (Å²) in [5, 5.41) is 22.2. The minimum atomic E-state index is -0.233. The first-order chi connectivity index (χ1) is 18.1. The maximum absolute atomic E-state index is 12.4. The van der Waals surface area contributed by atoms with Crippen LogP contribution in [0.25, 0.3) is 0 Å². The molecule has 7 N–H and O–H groups in total. The largest absolute Gasteiger partial charge is 0.393 e. The van der Waals surface area contributed by atoms with Gasteiger partial charge in [-0.05, 0) is 49.9 Å². The van der Waals surface area contributed by atoms with Crippen molar-refractivity contribution in [2.75, 3.05) is 62.0 Å². The van der Waals surface area contributed by atoms with E-state index in [1.165, 1.54) is 0 Å². The van der Waals surface area contributed by atoms with Crippen molar-refractivity contribution < 1.29 is 19.4 Å². The molecule has 1 fully saturated rings. The highest BCUT2D eigenvalue weighted by Crippen LogP contribution is 2.22. The van der Waals surface area contributed by atoms with Crippen LogP contribution < -0.4 is 27.0 Å². The number of anilines is 4. The summed E-state index contributed by atoms with van der Waals surface area (Å²) in [6.45, 7) is 6.96. The number of carbonyl (C=O) groups is 1. The summed E-state index contributed by atoms with van der Waals surface area (Å²) in [6.07, 6.45) is 4.70. The van der Waals surface area contributed by atoms with Crippen LogP contribution in [0.3, 0.4) is 0 Å². The van der Waals surface area contributed by atoms with Gasteiger partial charge in [0.1, 0.15) is 0 Å². The lowest BCUT2D eigenvalue weighted by Gasteiger charge is -2.26. The molecule has 0 bridgehead atoms. The van der Waals surface area contributed by atoms with E-state index in [1.54, 1.807) is 30.3 Å². The van der Waals surface area contributed by atoms with Crippen LogP contribution in [0.4, 0.5) is 23.5 Å². The number of benzene rings is 1. The zero-order valence-corrected chi connectivity index (χ0v) is 21.1. The molecule has 1 amide bonds. The zero-order valence-electron chi connectivity index (χ0n) is 21.1. The molecule has 0 atom stereocenters. The number of aromatic nitrogens is 3. The summed E-state index contributed by atoms with van der Waals surface area (Å²) in [4.78, 5) is 25.8. The monoisotopic (exact) mass is 514 g/mol. The van der Waals surface area contributed by atoms with Gasteiger partial charge in [0.05, 0.1) is 32.5 Å². The molecule has 1 saturated carbocycles. The molecule has 1 aliphatic carbocycles. The van der Waals surface area contributed by atoms with Crippen LogP contribution in [-0.2, 0) is 9.47 Å². The van der Waals surface area contributed by atoms with Crippen molar-refractivity contribution in [2.45, 2.75) is 37.8 Å². The molecule has 37 heavy (non-hydrogen) atoms. The van der Waals surface area contributed by atoms with Gasteiger partial charge in [-0.3, -0.25) is 4.79 Å². The number of carbonyl (C=O) groups excluding carboxylic acids is 1. The topological polar surface area (TPSA) is 169 Å². The van der Waals surface area contributed by atoms with E-state index < -0.39 is 0 Å². The van der Waals surface area contributed by atoms with Crippen LogP contribution in [0.2, 0.25) is 0 Å². The third kappa shape index (κ3) is 10.3. The Balaban J connectivity index is 1.52. The van der Waals surface area contributed by atoms with Gasteiger partial charge >= 0.3 is 0 Å². The van der Waals surface area contributed by atoms with Gasteiger partial charge in [0.25, 0.3) is 5.91 Å². The van der Waals surface area contributed by atoms with Crippen LogP contribution in [0.15, 0.2) is 36.9 Å². The molecular formula is C25H38N8O4. The number of hydrogen-bond acceptors (Lipinski definition) is 11. The molecule has 0 radical (unpaired) electrons. The summed E-state index contributed by atoms with van der Waals surface area (Å²) < 4.78 is 10.6. The molecule has 0 unspecified atom stereocenters. The quantitative estimate of drug-likeness (QED) is 0.142. The first-order valence-electron chi connectivity index (χ1n) is 12.6. The van der Waals surface area contributed by atoms with Crippen LogP contribution in [0.1, 0.15) is 36.0 Å². The highest BCUT2D eigenvalue weighted by Gasteiger charge is 2.20. The predicted molar refractivity (Wildman–Crippen MR) is 143 cm³/mol. The molecule has 1 aliphatic rings. The summed E-state index contributed by atoms with van der Waals surface area (Å²) in [5.41, 5.74) is 6.61. The van der Waals surface area contributed by atoms with Gasteiger partial charge in [0.2, 0.25) is 17.8 Å². The number of nitrogens with zero attached hydrogens (tertiary/aromatic N) is 3. The molecule has 3 rings (SSSR count). The summed E-state index contributed by atoms with van der Waals surface area (Å²) in [7, 11) is 0. The van der Waals surface area contributed by atoms with Crippen molar-refractivity contribution in [3.63, 3.8) is 0 Å². The molecule has 12 heteroatoms. The Labute approximate surface area is 217 Å². The molecule has 0 aliphatic heterocycles. The number of nitrogens with two attached hydrogens (primary N) is 1. The molecule has 1 aromatic heterocycles. The normalized spacial score (nSPS) is 17.1. The van der Waals surface area contributed by atoms with Gasteiger partial charge < -0.3 is 41.6 Å². The Hall–Kier alpha value is -3.32. The van der Waals surface area contributed by atoms with E-state index in [4.69, 9.17) is 15.2 Å². The first-order valence-corrected chi connectivity index (χ1v) is 12.6. The smallest absolute Gasteiger partial charge is 0.251 e. The van der Waals surface area contributed by atoms with Gasteiger partial charge in [-0.25, -0.2) is 0 Å². The van der Waals surface area contributed by atoms with Crippen LogP contribution in [0, 0.1) is 0 Å². The Morgan fingerprint density at radius 2 is 1.68 bits per heavy atom. The van der Waals surface area contributed by atoms with Crippen molar-refractivity contribution in [3.8, 4) is 0 Å². The number of rotatable bonds is 16. The Morgan fingerprint density at radius 1 is 1.00 bits per heavy atom. The average molecular weight is 515 g/mol. The maximum Gasteiger partial charge on any atom is 0.251 e. The number of hydrogen-bond donors (Lipinski definition) is 6. The molecule has 0 saturated heterocycles. The summed E-state index contributed by atoms with van der Waals surface area (Å²) in [5.74, 6) is 1.05. The molecule has 1 aromatic carbocycles. The van der Waals surface area contributed by atoms with Gasteiger partial charge in [0, 0.05) is 36.9 Å². The second kappa shape index (κ2) is 15.7. The van der Waals surface area contributed by atoms with E-state index in [-0.39, 0.29) is 18.1 Å². The Kier molecular flexibility index (Phi) is 12.0. The number of aliphatic hydroxyl groups excluding tert-OH is 1. The van der Waals surface area contributed by atoms with Gasteiger partial charge in [0.15, 0.2) is 0 Å². The third-order valence-electron chi connectivity index (χ3n) is 5.64. The molecule has 1 heterocycles. The van der Waals surface area contributed by atoms with Gasteiger partial charge in [-0.2, -0.15) is 15.0 Å². The Bertz CT molecular complexity index is 968. The zero-order chi connectivity index (χ0) is 26.3. The van der Waals surface area contributed by atoms with E-state index in [0.29, 0.717) is 69.5 Å². The molecule has 0 spiro atoms. The van der Waals surface area contributed by atoms with Crippen molar-refractivity contribution in [1.29, 1.82) is 0 Å². The molecule has 2 aromatic rings. The number of aliphatic hydroxyl groups is 1. The van der Waals surface area contributed by atoms with E-state index in [9.17, 15) is 9.90 Å². The first kappa shape index (κ1) is 28.3. The number of amides is 1. The number of nitrogens with one attached hydrogen (secondary N) is 4. The lowest BCUT2D eigenvalue weighted by atomic mass is 9.93. The molecule has 202 valence electrons. The fourth-order valence-corrected chi connectivity index (χ4v) is 3.72. The van der Waals surface area contributed by atoms with E-state index in [2.05, 4.69) is 42.8 Å². The molecular weight excluding hydrogens is 476 g/mol. The fraction of sp³-hybridized carbons (Fsp3) is 0.520. The summed E-state index contributed by atoms with van der Waals surface area (Å²) >= 11 is 0. The van der Waals surface area contributed by atoms with E-state index in [0.717, 1.165) is 31.4 Å². The molecule has 12 nitrogen and oxygen atoms in total. The van der Waals surface area contributed by atoms with Gasteiger partial charge in [-0.1, -0.05) is 6.08 Å². The highest BCUT2D eigenvalue weighted by molar-refractivity contribution is 5.94. The standard InChI is InChI=1S/C25H38N8O4/c1-2-12-28-23-31-24(33-25(32-23)30-20-7-9-21(34)10-8-20)29-19-5-3-18(4-6-19)22(35)27-13-15-37-17-16-36-14-11-26/h2-6,20-21,34H,1,7-17,26H2,(H,27,35)(H3,28,29,30,31,32,33). The van der Waals surface area contributed by atoms with E-state index in [1.807, 2.05) is 0 Å².